The molecule has 1 amide bonds. The predicted molar refractivity (Wildman–Crippen MR) is 81.6 cm³/mol. The highest BCUT2D eigenvalue weighted by Crippen LogP contribution is 2.21. The van der Waals surface area contributed by atoms with E-state index >= 15 is 0 Å². The van der Waals surface area contributed by atoms with Crippen LogP contribution in [0.15, 0.2) is 48.5 Å². The second-order valence-electron chi connectivity index (χ2n) is 4.68. The van der Waals surface area contributed by atoms with Gasteiger partial charge in [0.15, 0.2) is 6.04 Å². The number of halogens is 1. The lowest BCUT2D eigenvalue weighted by molar-refractivity contribution is -0.143. The molecule has 0 aliphatic heterocycles. The molecule has 0 heterocycles. The normalized spacial score (nSPS) is 11.4. The van der Waals surface area contributed by atoms with Gasteiger partial charge < -0.3 is 14.8 Å². The van der Waals surface area contributed by atoms with E-state index in [2.05, 4.69) is 5.32 Å². The van der Waals surface area contributed by atoms with Crippen molar-refractivity contribution >= 4 is 11.9 Å². The summed E-state index contributed by atoms with van der Waals surface area (Å²) in [6.07, 6.45) is 0. The van der Waals surface area contributed by atoms with Gasteiger partial charge in [0, 0.05) is 0 Å². The number of esters is 1. The van der Waals surface area contributed by atoms with Crippen LogP contribution in [0.3, 0.4) is 0 Å². The molecular formula is C17H16FNO4. The molecule has 0 radical (unpaired) electrons. The van der Waals surface area contributed by atoms with Gasteiger partial charge in [-0.15, -0.1) is 0 Å². The van der Waals surface area contributed by atoms with E-state index in [1.807, 2.05) is 0 Å². The van der Waals surface area contributed by atoms with Gasteiger partial charge in [-0.25, -0.2) is 9.18 Å². The van der Waals surface area contributed by atoms with Crippen molar-refractivity contribution in [2.24, 2.45) is 0 Å². The first kappa shape index (κ1) is 16.5. The van der Waals surface area contributed by atoms with Crippen molar-refractivity contribution in [3.8, 4) is 5.75 Å². The first-order valence-corrected chi connectivity index (χ1v) is 6.84. The average molecular weight is 317 g/mol. The van der Waals surface area contributed by atoms with E-state index in [4.69, 9.17) is 9.47 Å². The fourth-order valence-corrected chi connectivity index (χ4v) is 2.11. The zero-order chi connectivity index (χ0) is 16.8. The summed E-state index contributed by atoms with van der Waals surface area (Å²) >= 11 is 0. The van der Waals surface area contributed by atoms with Crippen LogP contribution in [-0.4, -0.2) is 26.1 Å². The van der Waals surface area contributed by atoms with Crippen molar-refractivity contribution in [3.63, 3.8) is 0 Å². The molecule has 0 aliphatic rings. The van der Waals surface area contributed by atoms with Crippen LogP contribution in [0.25, 0.3) is 0 Å². The SMILES string of the molecule is COC(=O)C(NC(=O)c1cc(F)ccc1OC)c1ccccc1. The number of ether oxygens (including phenoxy) is 2. The standard InChI is InChI=1S/C17H16FNO4/c1-22-14-9-8-12(18)10-13(14)16(20)19-15(17(21)23-2)11-6-4-3-5-7-11/h3-10,15H,1-2H3,(H,19,20). The van der Waals surface area contributed by atoms with Gasteiger partial charge in [0.25, 0.3) is 5.91 Å². The van der Waals surface area contributed by atoms with E-state index in [1.54, 1.807) is 30.3 Å². The van der Waals surface area contributed by atoms with E-state index < -0.39 is 23.7 Å². The smallest absolute Gasteiger partial charge is 0.333 e. The first-order chi connectivity index (χ1) is 11.1. The van der Waals surface area contributed by atoms with Gasteiger partial charge >= 0.3 is 5.97 Å². The Labute approximate surface area is 133 Å². The van der Waals surface area contributed by atoms with Crippen molar-refractivity contribution in [2.45, 2.75) is 6.04 Å². The van der Waals surface area contributed by atoms with Crippen LogP contribution in [0, 0.1) is 5.82 Å². The molecule has 0 aliphatic carbocycles. The molecule has 120 valence electrons. The second-order valence-corrected chi connectivity index (χ2v) is 4.68. The molecule has 2 aromatic carbocycles. The predicted octanol–water partition coefficient (Wildman–Crippen LogP) is 2.48. The van der Waals surface area contributed by atoms with Gasteiger partial charge in [0.1, 0.15) is 11.6 Å². The minimum atomic E-state index is -0.998. The minimum absolute atomic E-state index is 0.00247. The van der Waals surface area contributed by atoms with Gasteiger partial charge in [-0.3, -0.25) is 4.79 Å². The van der Waals surface area contributed by atoms with Crippen LogP contribution >= 0.6 is 0 Å². The summed E-state index contributed by atoms with van der Waals surface area (Å²) < 4.78 is 23.2. The summed E-state index contributed by atoms with van der Waals surface area (Å²) in [5.41, 5.74) is 0.556. The van der Waals surface area contributed by atoms with E-state index in [9.17, 15) is 14.0 Å². The summed E-state index contributed by atoms with van der Waals surface area (Å²) in [5, 5.41) is 2.54. The summed E-state index contributed by atoms with van der Waals surface area (Å²) in [6.45, 7) is 0. The zero-order valence-electron chi connectivity index (χ0n) is 12.7. The topological polar surface area (TPSA) is 64.6 Å². The van der Waals surface area contributed by atoms with Crippen molar-refractivity contribution < 1.29 is 23.5 Å². The summed E-state index contributed by atoms with van der Waals surface area (Å²) in [7, 11) is 2.60. The Balaban J connectivity index is 2.32. The van der Waals surface area contributed by atoms with E-state index in [0.29, 0.717) is 5.56 Å². The van der Waals surface area contributed by atoms with Gasteiger partial charge in [0.05, 0.1) is 19.8 Å². The Bertz CT molecular complexity index is 703. The Kier molecular flexibility index (Phi) is 5.30. The molecular weight excluding hydrogens is 301 g/mol. The molecule has 23 heavy (non-hydrogen) atoms. The van der Waals surface area contributed by atoms with Crippen molar-refractivity contribution in [2.75, 3.05) is 14.2 Å². The Hall–Kier alpha value is -2.89. The molecule has 0 saturated heterocycles. The number of methoxy groups -OCH3 is 2. The number of carbonyl (C=O) groups is 2. The third kappa shape index (κ3) is 3.85. The van der Waals surface area contributed by atoms with Crippen molar-refractivity contribution in [1.82, 2.24) is 5.32 Å². The fraction of sp³-hybridized carbons (Fsp3) is 0.176. The number of hydrogen-bond acceptors (Lipinski definition) is 4. The number of benzene rings is 2. The van der Waals surface area contributed by atoms with Crippen LogP contribution in [0.5, 0.6) is 5.75 Å². The van der Waals surface area contributed by atoms with E-state index in [0.717, 1.165) is 6.07 Å². The Morgan fingerprint density at radius 3 is 2.39 bits per heavy atom. The third-order valence-corrected chi connectivity index (χ3v) is 3.25. The average Bonchev–Trinajstić information content (AvgIpc) is 2.59. The number of hydrogen-bond donors (Lipinski definition) is 1. The van der Waals surface area contributed by atoms with Crippen LogP contribution in [0.2, 0.25) is 0 Å². The molecule has 0 bridgehead atoms. The van der Waals surface area contributed by atoms with Gasteiger partial charge in [-0.2, -0.15) is 0 Å². The minimum Gasteiger partial charge on any atom is -0.496 e. The highest BCUT2D eigenvalue weighted by Gasteiger charge is 2.25. The Morgan fingerprint density at radius 1 is 1.09 bits per heavy atom. The largest absolute Gasteiger partial charge is 0.496 e. The van der Waals surface area contributed by atoms with Crippen LogP contribution in [0.1, 0.15) is 22.0 Å². The monoisotopic (exact) mass is 317 g/mol. The van der Waals surface area contributed by atoms with Gasteiger partial charge in [-0.1, -0.05) is 30.3 Å². The second kappa shape index (κ2) is 7.40. The van der Waals surface area contributed by atoms with Gasteiger partial charge in [0.2, 0.25) is 0 Å². The fourth-order valence-electron chi connectivity index (χ4n) is 2.11. The molecule has 2 rings (SSSR count). The van der Waals surface area contributed by atoms with Crippen LogP contribution in [0.4, 0.5) is 4.39 Å². The van der Waals surface area contributed by atoms with Crippen molar-refractivity contribution in [3.05, 3.63) is 65.5 Å². The molecule has 1 unspecified atom stereocenters. The maximum absolute atomic E-state index is 13.4. The molecule has 6 heteroatoms. The number of carbonyl (C=O) groups excluding carboxylic acids is 2. The highest BCUT2D eigenvalue weighted by atomic mass is 19.1. The quantitative estimate of drug-likeness (QED) is 0.861. The summed E-state index contributed by atoms with van der Waals surface area (Å²) in [4.78, 5) is 24.4. The van der Waals surface area contributed by atoms with Crippen LogP contribution < -0.4 is 10.1 Å². The lowest BCUT2D eigenvalue weighted by atomic mass is 10.1. The lowest BCUT2D eigenvalue weighted by Gasteiger charge is -2.17. The molecule has 5 nitrogen and oxygen atoms in total. The van der Waals surface area contributed by atoms with Gasteiger partial charge in [-0.05, 0) is 23.8 Å². The molecule has 2 aromatic rings. The molecule has 0 fully saturated rings. The maximum Gasteiger partial charge on any atom is 0.333 e. The number of rotatable bonds is 5. The number of amides is 1. The van der Waals surface area contributed by atoms with Crippen LogP contribution in [-0.2, 0) is 9.53 Å². The molecule has 0 spiro atoms. The highest BCUT2D eigenvalue weighted by molar-refractivity contribution is 5.99. The number of nitrogens with one attached hydrogen (secondary N) is 1. The molecule has 1 N–H and O–H groups in total. The maximum atomic E-state index is 13.4. The summed E-state index contributed by atoms with van der Waals surface area (Å²) in [5.74, 6) is -1.63. The molecule has 0 aromatic heterocycles. The zero-order valence-corrected chi connectivity index (χ0v) is 12.7. The molecule has 1 atom stereocenters. The summed E-state index contributed by atoms with van der Waals surface area (Å²) in [6, 6.07) is 11.2. The first-order valence-electron chi connectivity index (χ1n) is 6.84. The Morgan fingerprint density at radius 2 is 1.78 bits per heavy atom. The lowest BCUT2D eigenvalue weighted by Crippen LogP contribution is -2.34. The molecule has 0 saturated carbocycles. The van der Waals surface area contributed by atoms with Crippen molar-refractivity contribution in [1.29, 1.82) is 0 Å². The van der Waals surface area contributed by atoms with E-state index in [1.165, 1.54) is 26.4 Å². The van der Waals surface area contributed by atoms with E-state index in [-0.39, 0.29) is 11.3 Å². The third-order valence-electron chi connectivity index (χ3n) is 3.25.